The summed E-state index contributed by atoms with van der Waals surface area (Å²) >= 11 is 0. The number of aromatic nitrogens is 1. The molecule has 0 aromatic carbocycles. The first-order valence-electron chi connectivity index (χ1n) is 10.9. The number of nitrogens with zero attached hydrogens (tertiary/aromatic N) is 3. The van der Waals surface area contributed by atoms with Crippen LogP contribution in [0.1, 0.15) is 52.5 Å². The SMILES string of the molecule is CCNC(=NCCC(OCC)C(C)C)NC1CCN(c2ccc(C)cn2)CC1.I. The van der Waals surface area contributed by atoms with E-state index in [2.05, 4.69) is 67.3 Å². The lowest BCUT2D eigenvalue weighted by atomic mass is 10.0. The van der Waals surface area contributed by atoms with Crippen LogP contribution in [0.15, 0.2) is 23.3 Å². The number of hydrogen-bond donors (Lipinski definition) is 2. The minimum atomic E-state index is 0. The second kappa shape index (κ2) is 14.0. The molecule has 0 saturated carbocycles. The monoisotopic (exact) mass is 517 g/mol. The van der Waals surface area contributed by atoms with Gasteiger partial charge in [-0.15, -0.1) is 24.0 Å². The zero-order chi connectivity index (χ0) is 20.4. The summed E-state index contributed by atoms with van der Waals surface area (Å²) in [4.78, 5) is 11.7. The molecule has 166 valence electrons. The third kappa shape index (κ3) is 9.07. The predicted octanol–water partition coefficient (Wildman–Crippen LogP) is 3.98. The van der Waals surface area contributed by atoms with Gasteiger partial charge < -0.3 is 20.3 Å². The second-order valence-corrected chi connectivity index (χ2v) is 7.89. The number of aliphatic imine (C=N–C) groups is 1. The van der Waals surface area contributed by atoms with Gasteiger partial charge in [-0.25, -0.2) is 4.98 Å². The van der Waals surface area contributed by atoms with Gasteiger partial charge in [-0.3, -0.25) is 4.99 Å². The van der Waals surface area contributed by atoms with Crippen molar-refractivity contribution >= 4 is 35.8 Å². The first kappa shape index (κ1) is 25.9. The summed E-state index contributed by atoms with van der Waals surface area (Å²) in [7, 11) is 0. The van der Waals surface area contributed by atoms with Gasteiger partial charge in [-0.1, -0.05) is 19.9 Å². The molecule has 1 aliphatic heterocycles. The van der Waals surface area contributed by atoms with Crippen molar-refractivity contribution in [1.82, 2.24) is 15.6 Å². The molecule has 0 aliphatic carbocycles. The first-order chi connectivity index (χ1) is 13.5. The second-order valence-electron chi connectivity index (χ2n) is 7.89. The van der Waals surface area contributed by atoms with Crippen molar-refractivity contribution in [3.8, 4) is 0 Å². The highest BCUT2D eigenvalue weighted by Crippen LogP contribution is 2.18. The maximum Gasteiger partial charge on any atom is 0.191 e. The van der Waals surface area contributed by atoms with E-state index in [0.717, 1.165) is 63.8 Å². The van der Waals surface area contributed by atoms with E-state index in [1.54, 1.807) is 0 Å². The molecule has 1 atom stereocenters. The van der Waals surface area contributed by atoms with Crippen LogP contribution in [-0.4, -0.2) is 55.9 Å². The number of ether oxygens (including phenoxy) is 1. The Labute approximate surface area is 194 Å². The minimum Gasteiger partial charge on any atom is -0.378 e. The lowest BCUT2D eigenvalue weighted by molar-refractivity contribution is 0.0266. The van der Waals surface area contributed by atoms with E-state index in [9.17, 15) is 0 Å². The van der Waals surface area contributed by atoms with Gasteiger partial charge in [0.25, 0.3) is 0 Å². The molecule has 1 aliphatic rings. The number of guanidine groups is 1. The standard InChI is InChI=1S/C22H39N5O.HI/c1-6-23-22(24-13-10-20(17(3)4)28-7-2)26-19-11-14-27(15-12-19)21-9-8-18(5)16-25-21;/h8-9,16-17,19-20H,6-7,10-15H2,1-5H3,(H2,23,24,26);1H. The maximum atomic E-state index is 5.83. The van der Waals surface area contributed by atoms with E-state index in [4.69, 9.17) is 9.73 Å². The third-order valence-electron chi connectivity index (χ3n) is 5.21. The average molecular weight is 518 g/mol. The molecular weight excluding hydrogens is 477 g/mol. The van der Waals surface area contributed by atoms with Crippen LogP contribution in [0.4, 0.5) is 5.82 Å². The van der Waals surface area contributed by atoms with Crippen LogP contribution in [0.2, 0.25) is 0 Å². The van der Waals surface area contributed by atoms with Crippen molar-refractivity contribution < 1.29 is 4.74 Å². The summed E-state index contributed by atoms with van der Waals surface area (Å²) in [6.07, 6.45) is 5.37. The average Bonchev–Trinajstić information content (AvgIpc) is 2.68. The van der Waals surface area contributed by atoms with Gasteiger partial charge in [-0.2, -0.15) is 0 Å². The van der Waals surface area contributed by atoms with E-state index in [1.807, 2.05) is 6.20 Å². The van der Waals surface area contributed by atoms with E-state index < -0.39 is 0 Å². The van der Waals surface area contributed by atoms with Crippen LogP contribution in [0.5, 0.6) is 0 Å². The summed E-state index contributed by atoms with van der Waals surface area (Å²) in [5.41, 5.74) is 1.20. The Hall–Kier alpha value is -1.09. The third-order valence-corrected chi connectivity index (χ3v) is 5.21. The van der Waals surface area contributed by atoms with E-state index in [0.29, 0.717) is 12.0 Å². The highest BCUT2D eigenvalue weighted by molar-refractivity contribution is 14.0. The minimum absolute atomic E-state index is 0. The van der Waals surface area contributed by atoms with Crippen LogP contribution < -0.4 is 15.5 Å². The van der Waals surface area contributed by atoms with Gasteiger partial charge in [-0.05, 0) is 57.6 Å². The number of pyridine rings is 1. The fraction of sp³-hybridized carbons (Fsp3) is 0.727. The summed E-state index contributed by atoms with van der Waals surface area (Å²) in [5.74, 6) is 2.53. The van der Waals surface area contributed by atoms with Gasteiger partial charge >= 0.3 is 0 Å². The number of nitrogens with one attached hydrogen (secondary N) is 2. The summed E-state index contributed by atoms with van der Waals surface area (Å²) < 4.78 is 5.83. The number of piperidine rings is 1. The van der Waals surface area contributed by atoms with Crippen molar-refractivity contribution in [1.29, 1.82) is 0 Å². The lowest BCUT2D eigenvalue weighted by Crippen LogP contribution is -2.49. The maximum absolute atomic E-state index is 5.83. The molecule has 29 heavy (non-hydrogen) atoms. The molecular formula is C22H40IN5O. The van der Waals surface area contributed by atoms with Gasteiger partial charge in [0, 0.05) is 45.0 Å². The Balaban J connectivity index is 0.00000420. The molecule has 1 aromatic heterocycles. The number of anilines is 1. The summed E-state index contributed by atoms with van der Waals surface area (Å²) in [5, 5.41) is 7.01. The zero-order valence-corrected chi connectivity index (χ0v) is 21.1. The first-order valence-corrected chi connectivity index (χ1v) is 10.9. The largest absolute Gasteiger partial charge is 0.378 e. The Morgan fingerprint density at radius 2 is 2.00 bits per heavy atom. The molecule has 0 bridgehead atoms. The van der Waals surface area contributed by atoms with Crippen LogP contribution >= 0.6 is 24.0 Å². The molecule has 0 radical (unpaired) electrons. The molecule has 1 aromatic rings. The quantitative estimate of drug-likeness (QED) is 0.295. The topological polar surface area (TPSA) is 61.8 Å². The van der Waals surface area contributed by atoms with Crippen molar-refractivity contribution in [2.45, 2.75) is 66.0 Å². The Kier molecular flexibility index (Phi) is 12.5. The van der Waals surface area contributed by atoms with Gasteiger partial charge in [0.1, 0.15) is 5.82 Å². The number of rotatable bonds is 9. The highest BCUT2D eigenvalue weighted by Gasteiger charge is 2.21. The van der Waals surface area contributed by atoms with Crippen molar-refractivity contribution in [2.24, 2.45) is 10.9 Å². The summed E-state index contributed by atoms with van der Waals surface area (Å²) in [6.45, 7) is 15.1. The van der Waals surface area contributed by atoms with E-state index in [1.165, 1.54) is 5.56 Å². The lowest BCUT2D eigenvalue weighted by Gasteiger charge is -2.34. The Morgan fingerprint density at radius 1 is 1.28 bits per heavy atom. The number of hydrogen-bond acceptors (Lipinski definition) is 4. The highest BCUT2D eigenvalue weighted by atomic mass is 127. The fourth-order valence-corrected chi connectivity index (χ4v) is 3.54. The van der Waals surface area contributed by atoms with Crippen LogP contribution in [0, 0.1) is 12.8 Å². The van der Waals surface area contributed by atoms with Gasteiger partial charge in [0.05, 0.1) is 6.10 Å². The van der Waals surface area contributed by atoms with Crippen LogP contribution in [0.3, 0.4) is 0 Å². The zero-order valence-electron chi connectivity index (χ0n) is 18.8. The predicted molar refractivity (Wildman–Crippen MR) is 134 cm³/mol. The molecule has 0 amide bonds. The normalized spacial score (nSPS) is 16.5. The van der Waals surface area contributed by atoms with E-state index >= 15 is 0 Å². The van der Waals surface area contributed by atoms with E-state index in [-0.39, 0.29) is 30.1 Å². The van der Waals surface area contributed by atoms with Gasteiger partial charge in [0.15, 0.2) is 5.96 Å². The molecule has 6 nitrogen and oxygen atoms in total. The molecule has 7 heteroatoms. The van der Waals surface area contributed by atoms with Crippen molar-refractivity contribution in [3.05, 3.63) is 23.9 Å². The van der Waals surface area contributed by atoms with Crippen molar-refractivity contribution in [2.75, 3.05) is 37.7 Å². The number of aryl methyl sites for hydroxylation is 1. The molecule has 1 unspecified atom stereocenters. The molecule has 0 spiro atoms. The molecule has 2 N–H and O–H groups in total. The summed E-state index contributed by atoms with van der Waals surface area (Å²) in [6, 6.07) is 4.71. The van der Waals surface area contributed by atoms with Gasteiger partial charge in [0.2, 0.25) is 0 Å². The van der Waals surface area contributed by atoms with Crippen LogP contribution in [0.25, 0.3) is 0 Å². The fourth-order valence-electron chi connectivity index (χ4n) is 3.54. The smallest absolute Gasteiger partial charge is 0.191 e. The number of halogens is 1. The molecule has 1 fully saturated rings. The molecule has 2 heterocycles. The molecule has 2 rings (SSSR count). The van der Waals surface area contributed by atoms with Crippen LogP contribution in [-0.2, 0) is 4.74 Å². The Morgan fingerprint density at radius 3 is 2.55 bits per heavy atom. The molecule has 1 saturated heterocycles. The van der Waals surface area contributed by atoms with Crippen molar-refractivity contribution in [3.63, 3.8) is 0 Å². The Bertz CT molecular complexity index is 585.